The summed E-state index contributed by atoms with van der Waals surface area (Å²) in [6.07, 6.45) is -0.482. The maximum atomic E-state index is 13.7. The molecule has 9 heteroatoms. The quantitative estimate of drug-likeness (QED) is 0.427. The summed E-state index contributed by atoms with van der Waals surface area (Å²) in [5.41, 5.74) is 7.17. The fraction of sp³-hybridized carbons (Fsp3) is 0.429. The summed E-state index contributed by atoms with van der Waals surface area (Å²) >= 11 is 0. The lowest BCUT2D eigenvalue weighted by atomic mass is 10.00. The van der Waals surface area contributed by atoms with Crippen LogP contribution in [0.1, 0.15) is 63.8 Å². The number of primary amides is 1. The summed E-state index contributed by atoms with van der Waals surface area (Å²) in [6, 6.07) is 14.6. The number of nitrogens with one attached hydrogen (secondary N) is 2. The molecule has 0 aliphatic rings. The average Bonchev–Trinajstić information content (AvgIpc) is 2.84. The van der Waals surface area contributed by atoms with Gasteiger partial charge in [0.2, 0.25) is 17.7 Å². The van der Waals surface area contributed by atoms with Crippen LogP contribution in [0.4, 0.5) is 4.79 Å². The minimum absolute atomic E-state index is 0.142. The zero-order chi connectivity index (χ0) is 27.6. The first-order valence-electron chi connectivity index (χ1n) is 12.4. The Morgan fingerprint density at radius 1 is 0.946 bits per heavy atom. The van der Waals surface area contributed by atoms with Crippen molar-refractivity contribution in [1.29, 1.82) is 0 Å². The van der Waals surface area contributed by atoms with Gasteiger partial charge in [-0.2, -0.15) is 0 Å². The Morgan fingerprint density at radius 2 is 1.57 bits per heavy atom. The molecule has 37 heavy (non-hydrogen) atoms. The van der Waals surface area contributed by atoms with Gasteiger partial charge in [-0.1, -0.05) is 61.5 Å². The van der Waals surface area contributed by atoms with Gasteiger partial charge in [0.25, 0.3) is 0 Å². The highest BCUT2D eigenvalue weighted by molar-refractivity contribution is 5.94. The van der Waals surface area contributed by atoms with E-state index in [1.807, 2.05) is 61.5 Å². The van der Waals surface area contributed by atoms with Crippen molar-refractivity contribution in [1.82, 2.24) is 15.5 Å². The molecule has 200 valence electrons. The predicted molar refractivity (Wildman–Crippen MR) is 141 cm³/mol. The number of rotatable bonds is 11. The van der Waals surface area contributed by atoms with Crippen LogP contribution in [0.25, 0.3) is 0 Å². The molecule has 4 amide bonds. The molecule has 0 bridgehead atoms. The van der Waals surface area contributed by atoms with Crippen molar-refractivity contribution in [2.24, 2.45) is 5.73 Å². The lowest BCUT2D eigenvalue weighted by Gasteiger charge is -2.33. The first-order valence-corrected chi connectivity index (χ1v) is 12.4. The van der Waals surface area contributed by atoms with Gasteiger partial charge >= 0.3 is 6.09 Å². The molecule has 0 saturated heterocycles. The normalized spacial score (nSPS) is 12.7. The van der Waals surface area contributed by atoms with Gasteiger partial charge in [0.05, 0.1) is 6.42 Å². The van der Waals surface area contributed by atoms with Crippen molar-refractivity contribution in [3.8, 4) is 0 Å². The third-order valence-corrected chi connectivity index (χ3v) is 5.59. The molecule has 0 saturated carbocycles. The summed E-state index contributed by atoms with van der Waals surface area (Å²) in [6.45, 7) is 9.22. The molecule has 0 fully saturated rings. The third-order valence-electron chi connectivity index (χ3n) is 5.59. The number of ether oxygens (including phenoxy) is 1. The molecule has 0 heterocycles. The number of nitrogens with zero attached hydrogens (tertiary/aromatic N) is 1. The van der Waals surface area contributed by atoms with Crippen LogP contribution >= 0.6 is 0 Å². The van der Waals surface area contributed by atoms with Gasteiger partial charge in [-0.25, -0.2) is 4.79 Å². The summed E-state index contributed by atoms with van der Waals surface area (Å²) in [5.74, 6) is -1.78. The SMILES string of the molecule is CCc1ccc(C(C(=O)NCc2ccccc2)N(CC)C(=O)C(CC(N)=O)NC(=O)OC(C)(C)C)cc1. The number of nitrogens with two attached hydrogens (primary N) is 1. The Morgan fingerprint density at radius 3 is 2.08 bits per heavy atom. The standard InChI is InChI=1S/C28H38N4O5/c1-6-19-13-15-21(16-14-19)24(25(34)30-18-20-11-9-8-10-12-20)32(7-2)26(35)22(17-23(29)33)31-27(36)37-28(3,4)5/h8-16,22,24H,6-7,17-18H2,1-5H3,(H2,29,33)(H,30,34)(H,31,36). The van der Waals surface area contributed by atoms with Gasteiger partial charge < -0.3 is 26.0 Å². The number of amides is 4. The highest BCUT2D eigenvalue weighted by Gasteiger charge is 2.36. The lowest BCUT2D eigenvalue weighted by Crippen LogP contribution is -2.54. The summed E-state index contributed by atoms with van der Waals surface area (Å²) in [5, 5.41) is 5.37. The number of likely N-dealkylation sites (N-methyl/N-ethyl adjacent to an activating group) is 1. The van der Waals surface area contributed by atoms with E-state index in [-0.39, 0.29) is 13.1 Å². The van der Waals surface area contributed by atoms with Crippen LogP contribution in [0, 0.1) is 0 Å². The topological polar surface area (TPSA) is 131 Å². The number of aryl methyl sites for hydroxylation is 1. The van der Waals surface area contributed by atoms with Gasteiger partial charge in [0.15, 0.2) is 0 Å². The van der Waals surface area contributed by atoms with E-state index in [0.29, 0.717) is 5.56 Å². The molecular weight excluding hydrogens is 472 g/mol. The fourth-order valence-electron chi connectivity index (χ4n) is 3.81. The predicted octanol–water partition coefficient (Wildman–Crippen LogP) is 3.22. The molecule has 0 aliphatic carbocycles. The number of hydrogen-bond acceptors (Lipinski definition) is 5. The molecule has 0 aliphatic heterocycles. The van der Waals surface area contributed by atoms with Gasteiger partial charge in [-0.15, -0.1) is 0 Å². The number of carbonyl (C=O) groups is 4. The van der Waals surface area contributed by atoms with Gasteiger partial charge in [0, 0.05) is 13.1 Å². The summed E-state index contributed by atoms with van der Waals surface area (Å²) < 4.78 is 5.27. The fourth-order valence-corrected chi connectivity index (χ4v) is 3.81. The molecule has 2 unspecified atom stereocenters. The van der Waals surface area contributed by atoms with Crippen LogP contribution < -0.4 is 16.4 Å². The Kier molecular flexibility index (Phi) is 10.7. The molecule has 4 N–H and O–H groups in total. The Labute approximate surface area is 218 Å². The summed E-state index contributed by atoms with van der Waals surface area (Å²) in [4.78, 5) is 52.8. The average molecular weight is 511 g/mol. The molecule has 0 radical (unpaired) electrons. The lowest BCUT2D eigenvalue weighted by molar-refractivity contribution is -0.143. The zero-order valence-corrected chi connectivity index (χ0v) is 22.2. The molecule has 2 rings (SSSR count). The second-order valence-electron chi connectivity index (χ2n) is 9.69. The molecule has 2 atom stereocenters. The number of benzene rings is 2. The molecule has 9 nitrogen and oxygen atoms in total. The Bertz CT molecular complexity index is 1060. The summed E-state index contributed by atoms with van der Waals surface area (Å²) in [7, 11) is 0. The van der Waals surface area contributed by atoms with Crippen molar-refractivity contribution in [2.75, 3.05) is 6.54 Å². The molecule has 2 aromatic rings. The van der Waals surface area contributed by atoms with Crippen molar-refractivity contribution < 1.29 is 23.9 Å². The highest BCUT2D eigenvalue weighted by Crippen LogP contribution is 2.24. The largest absolute Gasteiger partial charge is 0.444 e. The first-order chi connectivity index (χ1) is 17.4. The van der Waals surface area contributed by atoms with E-state index in [1.165, 1.54) is 4.90 Å². The van der Waals surface area contributed by atoms with E-state index >= 15 is 0 Å². The van der Waals surface area contributed by atoms with Crippen molar-refractivity contribution in [3.05, 3.63) is 71.3 Å². The van der Waals surface area contributed by atoms with Crippen LogP contribution in [0.15, 0.2) is 54.6 Å². The number of alkyl carbamates (subject to hydrolysis) is 1. The van der Waals surface area contributed by atoms with Crippen LogP contribution in [0.2, 0.25) is 0 Å². The van der Waals surface area contributed by atoms with Crippen LogP contribution in [0.3, 0.4) is 0 Å². The van der Waals surface area contributed by atoms with E-state index in [0.717, 1.165) is 17.5 Å². The zero-order valence-electron chi connectivity index (χ0n) is 22.2. The molecule has 2 aromatic carbocycles. The Balaban J connectivity index is 2.39. The number of hydrogen-bond donors (Lipinski definition) is 3. The van der Waals surface area contributed by atoms with Crippen LogP contribution in [-0.2, 0) is 32.1 Å². The third kappa shape index (κ3) is 9.25. The Hall–Kier alpha value is -3.88. The number of carbonyl (C=O) groups excluding carboxylic acids is 4. The van der Waals surface area contributed by atoms with Gasteiger partial charge in [0.1, 0.15) is 17.7 Å². The van der Waals surface area contributed by atoms with Crippen LogP contribution in [0.5, 0.6) is 0 Å². The monoisotopic (exact) mass is 510 g/mol. The van der Waals surface area contributed by atoms with Gasteiger partial charge in [-0.3, -0.25) is 14.4 Å². The van der Waals surface area contributed by atoms with Gasteiger partial charge in [-0.05, 0) is 50.8 Å². The van der Waals surface area contributed by atoms with Crippen LogP contribution in [-0.4, -0.2) is 46.9 Å². The molecule has 0 aromatic heterocycles. The van der Waals surface area contributed by atoms with E-state index in [4.69, 9.17) is 10.5 Å². The molecule has 0 spiro atoms. The minimum Gasteiger partial charge on any atom is -0.444 e. The maximum Gasteiger partial charge on any atom is 0.408 e. The van der Waals surface area contributed by atoms with Crippen molar-refractivity contribution >= 4 is 23.8 Å². The second kappa shape index (κ2) is 13.4. The second-order valence-corrected chi connectivity index (χ2v) is 9.69. The van der Waals surface area contributed by atoms with E-state index in [1.54, 1.807) is 27.7 Å². The highest BCUT2D eigenvalue weighted by atomic mass is 16.6. The minimum atomic E-state index is -1.30. The molecular formula is C28H38N4O5. The van der Waals surface area contributed by atoms with E-state index in [9.17, 15) is 19.2 Å². The van der Waals surface area contributed by atoms with E-state index in [2.05, 4.69) is 10.6 Å². The maximum absolute atomic E-state index is 13.7. The van der Waals surface area contributed by atoms with Crippen molar-refractivity contribution in [2.45, 2.75) is 71.7 Å². The first kappa shape index (κ1) is 29.4. The smallest absolute Gasteiger partial charge is 0.408 e. The van der Waals surface area contributed by atoms with E-state index < -0.39 is 47.9 Å². The van der Waals surface area contributed by atoms with Crippen molar-refractivity contribution in [3.63, 3.8) is 0 Å².